The van der Waals surface area contributed by atoms with Gasteiger partial charge in [0.2, 0.25) is 5.91 Å². The molecular formula is C14H20N2O2. The summed E-state index contributed by atoms with van der Waals surface area (Å²) >= 11 is 0. The lowest BCUT2D eigenvalue weighted by molar-refractivity contribution is -0.162. The third-order valence-electron chi connectivity index (χ3n) is 3.23. The monoisotopic (exact) mass is 248 g/mol. The first-order valence-corrected chi connectivity index (χ1v) is 6.40. The molecule has 0 aromatic heterocycles. The first-order chi connectivity index (χ1) is 8.59. The SMILES string of the molecule is CC(C)N1CCC(O)N1C(=O)Cc1ccccc1. The van der Waals surface area contributed by atoms with E-state index in [9.17, 15) is 9.90 Å². The highest BCUT2D eigenvalue weighted by molar-refractivity contribution is 5.78. The second-order valence-electron chi connectivity index (χ2n) is 4.93. The minimum Gasteiger partial charge on any atom is -0.372 e. The minimum atomic E-state index is -0.677. The highest BCUT2D eigenvalue weighted by Crippen LogP contribution is 2.20. The summed E-state index contributed by atoms with van der Waals surface area (Å²) in [7, 11) is 0. The third kappa shape index (κ3) is 2.71. The van der Waals surface area contributed by atoms with Crippen LogP contribution in [0, 0.1) is 0 Å². The van der Waals surface area contributed by atoms with Gasteiger partial charge in [0.25, 0.3) is 0 Å². The summed E-state index contributed by atoms with van der Waals surface area (Å²) in [6.07, 6.45) is 0.281. The number of rotatable bonds is 3. The number of aliphatic hydroxyl groups excluding tert-OH is 1. The molecule has 1 fully saturated rings. The number of carbonyl (C=O) groups is 1. The molecule has 2 rings (SSSR count). The van der Waals surface area contributed by atoms with Gasteiger partial charge in [0.15, 0.2) is 0 Å². The van der Waals surface area contributed by atoms with Crippen LogP contribution >= 0.6 is 0 Å². The Labute approximate surface area is 108 Å². The predicted molar refractivity (Wildman–Crippen MR) is 69.5 cm³/mol. The summed E-state index contributed by atoms with van der Waals surface area (Å²) in [5.41, 5.74) is 0.977. The maximum Gasteiger partial charge on any atom is 0.243 e. The van der Waals surface area contributed by atoms with Crippen LogP contribution in [0.2, 0.25) is 0 Å². The highest BCUT2D eigenvalue weighted by atomic mass is 16.3. The maximum absolute atomic E-state index is 12.3. The lowest BCUT2D eigenvalue weighted by Crippen LogP contribution is -2.49. The van der Waals surface area contributed by atoms with Crippen molar-refractivity contribution >= 4 is 5.91 Å². The Bertz CT molecular complexity index is 406. The van der Waals surface area contributed by atoms with Crippen molar-refractivity contribution in [3.05, 3.63) is 35.9 Å². The Hall–Kier alpha value is -1.39. The zero-order valence-electron chi connectivity index (χ0n) is 10.9. The Morgan fingerprint density at radius 3 is 2.67 bits per heavy atom. The van der Waals surface area contributed by atoms with Gasteiger partial charge in [-0.2, -0.15) is 0 Å². The van der Waals surface area contributed by atoms with Crippen LogP contribution in [-0.2, 0) is 11.2 Å². The molecule has 4 heteroatoms. The Morgan fingerprint density at radius 1 is 1.39 bits per heavy atom. The quantitative estimate of drug-likeness (QED) is 0.879. The number of amides is 1. The number of hydrogen-bond acceptors (Lipinski definition) is 3. The van der Waals surface area contributed by atoms with Crippen molar-refractivity contribution in [1.29, 1.82) is 0 Å². The molecule has 1 unspecified atom stereocenters. The highest BCUT2D eigenvalue weighted by Gasteiger charge is 2.35. The minimum absolute atomic E-state index is 0.0418. The van der Waals surface area contributed by atoms with E-state index >= 15 is 0 Å². The van der Waals surface area contributed by atoms with Crippen LogP contribution in [0.4, 0.5) is 0 Å². The number of benzene rings is 1. The molecule has 1 heterocycles. The van der Waals surface area contributed by atoms with Gasteiger partial charge in [0.05, 0.1) is 6.42 Å². The van der Waals surface area contributed by atoms with Crippen LogP contribution in [0.15, 0.2) is 30.3 Å². The largest absolute Gasteiger partial charge is 0.372 e. The molecule has 1 aliphatic heterocycles. The van der Waals surface area contributed by atoms with E-state index < -0.39 is 6.23 Å². The molecule has 1 aromatic carbocycles. The number of carbonyl (C=O) groups excluding carboxylic acids is 1. The molecule has 1 N–H and O–H groups in total. The van der Waals surface area contributed by atoms with E-state index in [-0.39, 0.29) is 11.9 Å². The van der Waals surface area contributed by atoms with Crippen LogP contribution in [0.3, 0.4) is 0 Å². The van der Waals surface area contributed by atoms with E-state index in [1.807, 2.05) is 49.2 Å². The molecule has 18 heavy (non-hydrogen) atoms. The average Bonchev–Trinajstić information content (AvgIpc) is 2.72. The Morgan fingerprint density at radius 2 is 2.06 bits per heavy atom. The maximum atomic E-state index is 12.3. The van der Waals surface area contributed by atoms with E-state index in [0.717, 1.165) is 12.1 Å². The summed E-state index contributed by atoms with van der Waals surface area (Å²) in [5, 5.41) is 13.4. The molecule has 1 aromatic rings. The average molecular weight is 248 g/mol. The Balaban J connectivity index is 2.07. The molecule has 1 amide bonds. The van der Waals surface area contributed by atoms with E-state index in [1.165, 1.54) is 5.01 Å². The van der Waals surface area contributed by atoms with Gasteiger partial charge >= 0.3 is 0 Å². The summed E-state index contributed by atoms with van der Waals surface area (Å²) in [6, 6.07) is 9.85. The summed E-state index contributed by atoms with van der Waals surface area (Å²) in [4.78, 5) is 12.3. The second kappa shape index (κ2) is 5.50. The van der Waals surface area contributed by atoms with E-state index in [1.54, 1.807) is 0 Å². The van der Waals surface area contributed by atoms with Crippen molar-refractivity contribution in [2.45, 2.75) is 39.0 Å². The summed E-state index contributed by atoms with van der Waals surface area (Å²) < 4.78 is 0. The molecule has 0 spiro atoms. The smallest absolute Gasteiger partial charge is 0.243 e. The summed E-state index contributed by atoms with van der Waals surface area (Å²) in [6.45, 7) is 4.79. The standard InChI is InChI=1S/C14H20N2O2/c1-11(2)15-9-8-13(17)16(15)14(18)10-12-6-4-3-5-7-12/h3-7,11,13,17H,8-10H2,1-2H3. The van der Waals surface area contributed by atoms with Crippen LogP contribution in [0.5, 0.6) is 0 Å². The number of nitrogens with zero attached hydrogens (tertiary/aromatic N) is 2. The fourth-order valence-corrected chi connectivity index (χ4v) is 2.32. The first-order valence-electron chi connectivity index (χ1n) is 6.40. The molecule has 4 nitrogen and oxygen atoms in total. The zero-order valence-corrected chi connectivity index (χ0v) is 10.9. The van der Waals surface area contributed by atoms with Gasteiger partial charge in [0, 0.05) is 19.0 Å². The van der Waals surface area contributed by atoms with Crippen molar-refractivity contribution in [3.8, 4) is 0 Å². The molecule has 0 bridgehead atoms. The van der Waals surface area contributed by atoms with E-state index in [0.29, 0.717) is 12.8 Å². The van der Waals surface area contributed by atoms with Crippen LogP contribution < -0.4 is 0 Å². The fourth-order valence-electron chi connectivity index (χ4n) is 2.32. The molecule has 0 saturated carbocycles. The molecule has 1 aliphatic rings. The van der Waals surface area contributed by atoms with Gasteiger partial charge in [-0.1, -0.05) is 30.3 Å². The van der Waals surface area contributed by atoms with Crippen molar-refractivity contribution in [1.82, 2.24) is 10.0 Å². The van der Waals surface area contributed by atoms with E-state index in [2.05, 4.69) is 0 Å². The molecule has 0 aliphatic carbocycles. The van der Waals surface area contributed by atoms with E-state index in [4.69, 9.17) is 0 Å². The van der Waals surface area contributed by atoms with Gasteiger partial charge in [-0.15, -0.1) is 0 Å². The first kappa shape index (κ1) is 13.1. The molecule has 1 atom stereocenters. The Kier molecular flexibility index (Phi) is 3.99. The van der Waals surface area contributed by atoms with Gasteiger partial charge in [0.1, 0.15) is 6.23 Å². The predicted octanol–water partition coefficient (Wildman–Crippen LogP) is 1.41. The number of aliphatic hydroxyl groups is 1. The van der Waals surface area contributed by atoms with Crippen molar-refractivity contribution < 1.29 is 9.90 Å². The number of hydrogen-bond donors (Lipinski definition) is 1. The fraction of sp³-hybridized carbons (Fsp3) is 0.500. The topological polar surface area (TPSA) is 43.8 Å². The lowest BCUT2D eigenvalue weighted by Gasteiger charge is -2.32. The summed E-state index contributed by atoms with van der Waals surface area (Å²) in [5.74, 6) is -0.0418. The molecule has 0 radical (unpaired) electrons. The molecule has 1 saturated heterocycles. The van der Waals surface area contributed by atoms with Gasteiger partial charge < -0.3 is 5.11 Å². The van der Waals surface area contributed by atoms with Crippen molar-refractivity contribution in [3.63, 3.8) is 0 Å². The molecular weight excluding hydrogens is 228 g/mol. The lowest BCUT2D eigenvalue weighted by atomic mass is 10.1. The van der Waals surface area contributed by atoms with Gasteiger partial charge in [-0.3, -0.25) is 4.79 Å². The number of hydrazine groups is 1. The van der Waals surface area contributed by atoms with Crippen LogP contribution in [-0.4, -0.2) is 39.8 Å². The second-order valence-corrected chi connectivity index (χ2v) is 4.93. The zero-order chi connectivity index (χ0) is 13.1. The normalized spacial score (nSPS) is 20.7. The van der Waals surface area contributed by atoms with Crippen molar-refractivity contribution in [2.24, 2.45) is 0 Å². The third-order valence-corrected chi connectivity index (χ3v) is 3.23. The van der Waals surface area contributed by atoms with Crippen molar-refractivity contribution in [2.75, 3.05) is 6.54 Å². The van der Waals surface area contributed by atoms with Crippen LogP contribution in [0.1, 0.15) is 25.8 Å². The van der Waals surface area contributed by atoms with Gasteiger partial charge in [-0.25, -0.2) is 10.0 Å². The molecule has 98 valence electrons. The van der Waals surface area contributed by atoms with Gasteiger partial charge in [-0.05, 0) is 19.4 Å². The van der Waals surface area contributed by atoms with Crippen LogP contribution in [0.25, 0.3) is 0 Å².